The van der Waals surface area contributed by atoms with Crippen LogP contribution in [0.25, 0.3) is 6.08 Å². The molecule has 1 unspecified atom stereocenters. The molecule has 1 N–H and O–H groups in total. The van der Waals surface area contributed by atoms with E-state index < -0.39 is 10.0 Å². The number of nitrogens with one attached hydrogen (secondary N) is 1. The Bertz CT molecular complexity index is 796. The van der Waals surface area contributed by atoms with Gasteiger partial charge < -0.3 is 0 Å². The van der Waals surface area contributed by atoms with Gasteiger partial charge in [0.05, 0.1) is 6.04 Å². The summed E-state index contributed by atoms with van der Waals surface area (Å²) >= 11 is 7.51. The van der Waals surface area contributed by atoms with Crippen LogP contribution >= 0.6 is 22.9 Å². The Labute approximate surface area is 158 Å². The van der Waals surface area contributed by atoms with Crippen molar-refractivity contribution < 1.29 is 8.42 Å². The zero-order valence-corrected chi connectivity index (χ0v) is 16.2. The predicted molar refractivity (Wildman–Crippen MR) is 105 cm³/mol. The molecule has 134 valence electrons. The van der Waals surface area contributed by atoms with Gasteiger partial charge in [0, 0.05) is 21.9 Å². The van der Waals surface area contributed by atoms with Gasteiger partial charge in [0.25, 0.3) is 0 Å². The van der Waals surface area contributed by atoms with Crippen molar-refractivity contribution in [3.05, 3.63) is 62.6 Å². The van der Waals surface area contributed by atoms with E-state index in [0.29, 0.717) is 11.6 Å². The van der Waals surface area contributed by atoms with Crippen molar-refractivity contribution >= 4 is 39.0 Å². The Morgan fingerprint density at radius 1 is 1.20 bits per heavy atom. The van der Waals surface area contributed by atoms with E-state index in [4.69, 9.17) is 11.6 Å². The molecule has 1 aromatic carbocycles. The quantitative estimate of drug-likeness (QED) is 0.765. The first-order valence-electron chi connectivity index (χ1n) is 8.24. The van der Waals surface area contributed by atoms with E-state index in [1.54, 1.807) is 41.7 Å². The van der Waals surface area contributed by atoms with Crippen LogP contribution in [0.15, 0.2) is 47.2 Å². The number of thiophene rings is 1. The number of halogens is 1. The second-order valence-corrected chi connectivity index (χ2v) is 9.09. The number of rotatable bonds is 7. The third-order valence-electron chi connectivity index (χ3n) is 4.24. The maximum atomic E-state index is 12.3. The van der Waals surface area contributed by atoms with Crippen molar-refractivity contribution in [1.82, 2.24) is 9.62 Å². The van der Waals surface area contributed by atoms with Gasteiger partial charge in [-0.15, -0.1) is 11.3 Å². The molecule has 1 saturated heterocycles. The number of sulfonamides is 1. The first-order valence-corrected chi connectivity index (χ1v) is 11.0. The van der Waals surface area contributed by atoms with Crippen LogP contribution in [-0.2, 0) is 10.0 Å². The van der Waals surface area contributed by atoms with E-state index in [-0.39, 0.29) is 6.04 Å². The van der Waals surface area contributed by atoms with Gasteiger partial charge in [-0.25, -0.2) is 13.1 Å². The average Bonchev–Trinajstić information content (AvgIpc) is 3.29. The fourth-order valence-corrected chi connectivity index (χ4v) is 4.74. The Morgan fingerprint density at radius 3 is 2.56 bits per heavy atom. The van der Waals surface area contributed by atoms with Crippen molar-refractivity contribution in [2.45, 2.75) is 18.9 Å². The second-order valence-electron chi connectivity index (χ2n) is 6.02. The Hall–Kier alpha value is -1.18. The summed E-state index contributed by atoms with van der Waals surface area (Å²) in [5.74, 6) is 0. The minimum Gasteiger partial charge on any atom is -0.294 e. The summed E-state index contributed by atoms with van der Waals surface area (Å²) in [6.07, 6.45) is 3.92. The van der Waals surface area contributed by atoms with Gasteiger partial charge in [0.1, 0.15) is 0 Å². The van der Waals surface area contributed by atoms with Crippen LogP contribution in [0.4, 0.5) is 0 Å². The molecule has 4 nitrogen and oxygen atoms in total. The van der Waals surface area contributed by atoms with Crippen LogP contribution in [0.2, 0.25) is 5.02 Å². The maximum absolute atomic E-state index is 12.3. The number of hydrogen-bond donors (Lipinski definition) is 1. The van der Waals surface area contributed by atoms with Gasteiger partial charge in [0.2, 0.25) is 10.0 Å². The van der Waals surface area contributed by atoms with Crippen LogP contribution in [-0.4, -0.2) is 33.0 Å². The lowest BCUT2D eigenvalue weighted by Crippen LogP contribution is -2.35. The average molecular weight is 397 g/mol. The maximum Gasteiger partial charge on any atom is 0.233 e. The van der Waals surface area contributed by atoms with E-state index in [1.165, 1.54) is 23.1 Å². The van der Waals surface area contributed by atoms with E-state index in [9.17, 15) is 8.42 Å². The summed E-state index contributed by atoms with van der Waals surface area (Å²) in [6.45, 7) is 2.42. The highest BCUT2D eigenvalue weighted by atomic mass is 35.5. The molecule has 0 saturated carbocycles. The molecule has 1 aromatic heterocycles. The summed E-state index contributed by atoms with van der Waals surface area (Å²) < 4.78 is 27.4. The van der Waals surface area contributed by atoms with E-state index in [2.05, 4.69) is 15.7 Å². The summed E-state index contributed by atoms with van der Waals surface area (Å²) in [5.41, 5.74) is 0.795. The largest absolute Gasteiger partial charge is 0.294 e. The molecule has 2 heterocycles. The number of likely N-dealkylation sites (tertiary alicyclic amines) is 1. The topological polar surface area (TPSA) is 49.4 Å². The lowest BCUT2D eigenvalue weighted by atomic mass is 10.2. The third-order valence-corrected chi connectivity index (χ3v) is 6.53. The highest BCUT2D eigenvalue weighted by molar-refractivity contribution is 7.92. The van der Waals surface area contributed by atoms with Gasteiger partial charge >= 0.3 is 0 Å². The van der Waals surface area contributed by atoms with Gasteiger partial charge in [-0.2, -0.15) is 0 Å². The fourth-order valence-electron chi connectivity index (χ4n) is 2.93. The lowest BCUT2D eigenvalue weighted by Gasteiger charge is -2.26. The van der Waals surface area contributed by atoms with Crippen LogP contribution in [0, 0.1) is 0 Å². The van der Waals surface area contributed by atoms with Gasteiger partial charge in [-0.05, 0) is 61.1 Å². The second kappa shape index (κ2) is 8.47. The molecule has 0 spiro atoms. The molecule has 1 fully saturated rings. The molecule has 1 atom stereocenters. The lowest BCUT2D eigenvalue weighted by molar-refractivity contribution is 0.250. The molecule has 7 heteroatoms. The SMILES string of the molecule is O=S(=O)(C=Cc1ccc(Cl)cc1)NCC(c1cccs1)N1CCCC1. The molecule has 2 aromatic rings. The number of hydrogen-bond acceptors (Lipinski definition) is 4. The predicted octanol–water partition coefficient (Wildman–Crippen LogP) is 4.13. The van der Waals surface area contributed by atoms with Gasteiger partial charge in [-0.3, -0.25) is 4.90 Å². The first kappa shape index (κ1) is 18.6. The zero-order valence-electron chi connectivity index (χ0n) is 13.8. The summed E-state index contributed by atoms with van der Waals surface area (Å²) in [4.78, 5) is 3.56. The molecular weight excluding hydrogens is 376 g/mol. The summed E-state index contributed by atoms with van der Waals surface area (Å²) in [7, 11) is -3.49. The minimum absolute atomic E-state index is 0.0983. The molecular formula is C18H21ClN2O2S2. The Morgan fingerprint density at radius 2 is 1.92 bits per heavy atom. The van der Waals surface area contributed by atoms with Crippen molar-refractivity contribution in [2.24, 2.45) is 0 Å². The molecule has 0 bridgehead atoms. The van der Waals surface area contributed by atoms with Gasteiger partial charge in [-0.1, -0.05) is 29.8 Å². The molecule has 25 heavy (non-hydrogen) atoms. The minimum atomic E-state index is -3.49. The van der Waals surface area contributed by atoms with Gasteiger partial charge in [0.15, 0.2) is 0 Å². The Balaban J connectivity index is 1.65. The normalized spacial score (nSPS) is 17.3. The smallest absolute Gasteiger partial charge is 0.233 e. The highest BCUT2D eigenvalue weighted by Crippen LogP contribution is 2.28. The standard InChI is InChI=1S/C18H21ClN2O2S2/c19-16-7-5-15(6-8-16)9-13-25(22,23)20-14-17(18-4-3-12-24-18)21-10-1-2-11-21/h3-9,12-13,17,20H,1-2,10-11,14H2. The van der Waals surface area contributed by atoms with E-state index in [0.717, 1.165) is 18.7 Å². The van der Waals surface area contributed by atoms with Crippen LogP contribution in [0.1, 0.15) is 29.3 Å². The molecule has 0 aliphatic carbocycles. The van der Waals surface area contributed by atoms with Crippen LogP contribution in [0.5, 0.6) is 0 Å². The van der Waals surface area contributed by atoms with Crippen molar-refractivity contribution in [2.75, 3.05) is 19.6 Å². The zero-order chi connectivity index (χ0) is 17.7. The molecule has 1 aliphatic heterocycles. The van der Waals surface area contributed by atoms with Crippen molar-refractivity contribution in [1.29, 1.82) is 0 Å². The summed E-state index contributed by atoms with van der Waals surface area (Å²) in [5, 5.41) is 3.88. The van der Waals surface area contributed by atoms with Crippen LogP contribution < -0.4 is 4.72 Å². The fraction of sp³-hybridized carbons (Fsp3) is 0.333. The molecule has 0 amide bonds. The third kappa shape index (κ3) is 5.39. The highest BCUT2D eigenvalue weighted by Gasteiger charge is 2.25. The molecule has 1 aliphatic rings. The van der Waals surface area contributed by atoms with Crippen molar-refractivity contribution in [3.63, 3.8) is 0 Å². The Kier molecular flexibility index (Phi) is 6.30. The first-order chi connectivity index (χ1) is 12.0. The molecule has 3 rings (SSSR count). The van der Waals surface area contributed by atoms with Crippen LogP contribution in [0.3, 0.4) is 0 Å². The molecule has 0 radical (unpaired) electrons. The number of benzene rings is 1. The van der Waals surface area contributed by atoms with Crippen molar-refractivity contribution in [3.8, 4) is 0 Å². The van der Waals surface area contributed by atoms with E-state index in [1.807, 2.05) is 11.4 Å². The number of nitrogens with zero attached hydrogens (tertiary/aromatic N) is 1. The monoisotopic (exact) mass is 396 g/mol. The van der Waals surface area contributed by atoms with E-state index >= 15 is 0 Å². The summed E-state index contributed by atoms with van der Waals surface area (Å²) in [6, 6.07) is 11.2.